The number of carbonyl (C=O) groups is 2. The van der Waals surface area contributed by atoms with E-state index in [1.165, 1.54) is 12.1 Å². The van der Waals surface area contributed by atoms with Gasteiger partial charge in [-0.1, -0.05) is 71.7 Å². The lowest BCUT2D eigenvalue weighted by Crippen LogP contribution is -2.42. The first-order valence-electron chi connectivity index (χ1n) is 9.16. The average Bonchev–Trinajstić information content (AvgIpc) is 3.26. The third-order valence-corrected chi connectivity index (χ3v) is 4.86. The first kappa shape index (κ1) is 20.6. The van der Waals surface area contributed by atoms with Gasteiger partial charge in [0.05, 0.1) is 16.3 Å². The minimum absolute atomic E-state index is 0.0993. The molecule has 4 aromatic rings. The summed E-state index contributed by atoms with van der Waals surface area (Å²) >= 11 is 11.8. The highest BCUT2D eigenvalue weighted by Gasteiger charge is 2.20. The number of rotatable bonds is 4. The molecule has 2 aromatic carbocycles. The Labute approximate surface area is 187 Å². The van der Waals surface area contributed by atoms with Crippen LogP contribution in [-0.4, -0.2) is 26.6 Å². The highest BCUT2D eigenvalue weighted by molar-refractivity contribution is 6.34. The van der Waals surface area contributed by atoms with Gasteiger partial charge in [0.25, 0.3) is 11.8 Å². The molecular formula is C22H15Cl2N5O2. The molecule has 2 N–H and O–H groups in total. The molecule has 2 aromatic heterocycles. The van der Waals surface area contributed by atoms with Crippen LogP contribution in [0.4, 0.5) is 0 Å². The van der Waals surface area contributed by atoms with E-state index in [2.05, 4.69) is 20.9 Å². The maximum absolute atomic E-state index is 12.9. The first-order valence-corrected chi connectivity index (χ1v) is 9.92. The molecule has 31 heavy (non-hydrogen) atoms. The van der Waals surface area contributed by atoms with Gasteiger partial charge in [0.15, 0.2) is 0 Å². The molecule has 0 aliphatic heterocycles. The molecule has 0 fully saturated rings. The van der Waals surface area contributed by atoms with Gasteiger partial charge in [0.2, 0.25) is 0 Å². The maximum atomic E-state index is 12.9. The second-order valence-electron chi connectivity index (χ2n) is 6.41. The minimum atomic E-state index is -0.697. The largest absolute Gasteiger partial charge is 0.289 e. The second kappa shape index (κ2) is 8.99. The number of pyridine rings is 1. The third kappa shape index (κ3) is 4.58. The molecule has 0 aliphatic rings. The minimum Gasteiger partial charge on any atom is -0.267 e. The van der Waals surface area contributed by atoms with Crippen LogP contribution in [0.15, 0.2) is 79.0 Å². The van der Waals surface area contributed by atoms with Crippen molar-refractivity contribution in [1.82, 2.24) is 25.6 Å². The number of aromatic nitrogens is 3. The molecule has 9 heteroatoms. The van der Waals surface area contributed by atoms with Crippen molar-refractivity contribution in [1.29, 1.82) is 0 Å². The van der Waals surface area contributed by atoms with Crippen molar-refractivity contribution in [3.05, 3.63) is 100 Å². The highest BCUT2D eigenvalue weighted by Crippen LogP contribution is 2.23. The van der Waals surface area contributed by atoms with E-state index in [1.54, 1.807) is 10.9 Å². The topological polar surface area (TPSA) is 88.9 Å². The Balaban J connectivity index is 1.61. The van der Waals surface area contributed by atoms with Crippen molar-refractivity contribution in [2.45, 2.75) is 0 Å². The summed E-state index contributed by atoms with van der Waals surface area (Å²) in [5.41, 5.74) is 6.89. The molecule has 2 amide bonds. The van der Waals surface area contributed by atoms with Gasteiger partial charge in [-0.3, -0.25) is 20.4 Å². The number of hydrogen-bond donors (Lipinski definition) is 2. The predicted molar refractivity (Wildman–Crippen MR) is 118 cm³/mol. The number of amides is 2. The fraction of sp³-hybridized carbons (Fsp3) is 0. The zero-order valence-corrected chi connectivity index (χ0v) is 17.4. The van der Waals surface area contributed by atoms with Crippen LogP contribution in [0.2, 0.25) is 10.2 Å². The zero-order valence-electron chi connectivity index (χ0n) is 15.9. The van der Waals surface area contributed by atoms with E-state index in [9.17, 15) is 9.59 Å². The molecule has 7 nitrogen and oxygen atoms in total. The van der Waals surface area contributed by atoms with Gasteiger partial charge >= 0.3 is 0 Å². The molecule has 0 spiro atoms. The number of nitrogens with zero attached hydrogens (tertiary/aromatic N) is 3. The molecule has 0 bridgehead atoms. The van der Waals surface area contributed by atoms with E-state index in [0.717, 1.165) is 11.3 Å². The van der Waals surface area contributed by atoms with Crippen LogP contribution < -0.4 is 10.9 Å². The monoisotopic (exact) mass is 451 g/mol. The van der Waals surface area contributed by atoms with Crippen molar-refractivity contribution in [2.24, 2.45) is 0 Å². The van der Waals surface area contributed by atoms with E-state index in [0.29, 0.717) is 5.69 Å². The fourth-order valence-corrected chi connectivity index (χ4v) is 3.22. The van der Waals surface area contributed by atoms with Crippen LogP contribution >= 0.6 is 23.2 Å². The Kier molecular flexibility index (Phi) is 5.97. The number of carbonyl (C=O) groups excluding carboxylic acids is 2. The summed E-state index contributed by atoms with van der Waals surface area (Å²) in [4.78, 5) is 29.2. The second-order valence-corrected chi connectivity index (χ2v) is 7.20. The van der Waals surface area contributed by atoms with Crippen molar-refractivity contribution >= 4 is 35.0 Å². The molecule has 0 aliphatic carbocycles. The Morgan fingerprint density at radius 2 is 1.45 bits per heavy atom. The number of halogens is 2. The van der Waals surface area contributed by atoms with Gasteiger partial charge in [-0.25, -0.2) is 9.67 Å². The molecule has 0 saturated heterocycles. The number of nitrogens with one attached hydrogen (secondary N) is 2. The van der Waals surface area contributed by atoms with Gasteiger partial charge in [0.1, 0.15) is 16.5 Å². The van der Waals surface area contributed by atoms with Gasteiger partial charge in [-0.05, 0) is 24.3 Å². The van der Waals surface area contributed by atoms with Crippen molar-refractivity contribution in [3.8, 4) is 16.9 Å². The van der Waals surface area contributed by atoms with Crippen LogP contribution in [0.5, 0.6) is 0 Å². The molecule has 0 unspecified atom stereocenters. The van der Waals surface area contributed by atoms with Crippen molar-refractivity contribution in [2.75, 3.05) is 0 Å². The standard InChI is InChI=1S/C22H15Cl2N5O2/c23-17-11-12-18(24)25-20(17)22(31)27-26-21(30)16-13-29(15-9-5-2-6-10-15)28-19(16)14-7-3-1-4-8-14/h1-13H,(H,26,30)(H,27,31). The van der Waals surface area contributed by atoms with E-state index >= 15 is 0 Å². The van der Waals surface area contributed by atoms with Gasteiger partial charge in [-0.2, -0.15) is 5.10 Å². The molecule has 0 saturated carbocycles. The molecular weight excluding hydrogens is 437 g/mol. The smallest absolute Gasteiger partial charge is 0.267 e. The normalized spacial score (nSPS) is 10.5. The summed E-state index contributed by atoms with van der Waals surface area (Å²) in [5.74, 6) is -1.25. The van der Waals surface area contributed by atoms with Crippen LogP contribution in [0.1, 0.15) is 20.8 Å². The molecule has 4 rings (SSSR count). The van der Waals surface area contributed by atoms with E-state index in [4.69, 9.17) is 23.2 Å². The Hall–Kier alpha value is -3.68. The van der Waals surface area contributed by atoms with Crippen LogP contribution in [-0.2, 0) is 0 Å². The summed E-state index contributed by atoms with van der Waals surface area (Å²) in [6.45, 7) is 0. The summed E-state index contributed by atoms with van der Waals surface area (Å²) in [6.07, 6.45) is 1.60. The summed E-state index contributed by atoms with van der Waals surface area (Å²) in [7, 11) is 0. The van der Waals surface area contributed by atoms with E-state index in [1.807, 2.05) is 60.7 Å². The van der Waals surface area contributed by atoms with Crippen LogP contribution in [0.25, 0.3) is 16.9 Å². The SMILES string of the molecule is O=C(NNC(=O)c1nc(Cl)ccc1Cl)c1cn(-c2ccccc2)nc1-c1ccccc1. The number of benzene rings is 2. The van der Waals surface area contributed by atoms with Crippen LogP contribution in [0, 0.1) is 0 Å². The average molecular weight is 452 g/mol. The Bertz CT molecular complexity index is 1240. The van der Waals surface area contributed by atoms with Gasteiger partial charge in [-0.15, -0.1) is 0 Å². The van der Waals surface area contributed by atoms with Crippen LogP contribution in [0.3, 0.4) is 0 Å². The lowest BCUT2D eigenvalue weighted by Gasteiger charge is -2.08. The van der Waals surface area contributed by atoms with Gasteiger partial charge in [0, 0.05) is 11.8 Å². The maximum Gasteiger partial charge on any atom is 0.289 e. The van der Waals surface area contributed by atoms with Crippen molar-refractivity contribution in [3.63, 3.8) is 0 Å². The van der Waals surface area contributed by atoms with Crippen molar-refractivity contribution < 1.29 is 9.59 Å². The highest BCUT2D eigenvalue weighted by atomic mass is 35.5. The number of hydrazine groups is 1. The third-order valence-electron chi connectivity index (χ3n) is 4.34. The zero-order chi connectivity index (χ0) is 21.8. The Morgan fingerprint density at radius 1 is 0.806 bits per heavy atom. The molecule has 2 heterocycles. The van der Waals surface area contributed by atoms with E-state index < -0.39 is 11.8 Å². The molecule has 0 radical (unpaired) electrons. The first-order chi connectivity index (χ1) is 15.0. The Morgan fingerprint density at radius 3 is 2.16 bits per heavy atom. The fourth-order valence-electron chi connectivity index (χ4n) is 2.88. The molecule has 154 valence electrons. The summed E-state index contributed by atoms with van der Waals surface area (Å²) in [6, 6.07) is 21.6. The lowest BCUT2D eigenvalue weighted by atomic mass is 10.1. The predicted octanol–water partition coefficient (Wildman–Crippen LogP) is 4.32. The van der Waals surface area contributed by atoms with E-state index in [-0.39, 0.29) is 21.4 Å². The molecule has 0 atom stereocenters. The quantitative estimate of drug-likeness (QED) is 0.357. The van der Waals surface area contributed by atoms with Gasteiger partial charge < -0.3 is 0 Å². The number of hydrogen-bond acceptors (Lipinski definition) is 4. The number of para-hydroxylation sites is 1. The summed E-state index contributed by atoms with van der Waals surface area (Å²) in [5, 5.41) is 4.79. The summed E-state index contributed by atoms with van der Waals surface area (Å²) < 4.78 is 1.61. The lowest BCUT2D eigenvalue weighted by molar-refractivity contribution is 0.0844.